The molecule has 1 aromatic heterocycles. The number of carbonyl (C=O) groups excluding carboxylic acids is 1. The first-order chi connectivity index (χ1) is 10.7. The number of hydrogen-bond acceptors (Lipinski definition) is 4. The van der Waals surface area contributed by atoms with Gasteiger partial charge in [0.2, 0.25) is 0 Å². The molecule has 0 radical (unpaired) electrons. The van der Waals surface area contributed by atoms with Gasteiger partial charge < -0.3 is 14.7 Å². The van der Waals surface area contributed by atoms with E-state index in [1.807, 2.05) is 17.0 Å². The van der Waals surface area contributed by atoms with E-state index in [1.54, 1.807) is 30.4 Å². The lowest BCUT2D eigenvalue weighted by Crippen LogP contribution is -2.42. The summed E-state index contributed by atoms with van der Waals surface area (Å²) >= 11 is 1.76. The zero-order valence-electron chi connectivity index (χ0n) is 12.5. The van der Waals surface area contributed by atoms with Crippen LogP contribution in [0.3, 0.4) is 0 Å². The van der Waals surface area contributed by atoms with Gasteiger partial charge in [-0.2, -0.15) is 0 Å². The quantitative estimate of drug-likeness (QED) is 0.943. The van der Waals surface area contributed by atoms with Gasteiger partial charge in [-0.1, -0.05) is 12.1 Å². The van der Waals surface area contributed by atoms with Gasteiger partial charge in [0, 0.05) is 18.0 Å². The average Bonchev–Trinajstić information content (AvgIpc) is 3.01. The minimum absolute atomic E-state index is 0.00579. The molecular formula is C17H19NO3S. The molecule has 2 heterocycles. The van der Waals surface area contributed by atoms with Gasteiger partial charge in [-0.25, -0.2) is 0 Å². The molecule has 0 saturated carbocycles. The van der Waals surface area contributed by atoms with Crippen molar-refractivity contribution in [3.63, 3.8) is 0 Å². The Morgan fingerprint density at radius 1 is 1.45 bits per heavy atom. The number of ether oxygens (including phenoxy) is 1. The van der Waals surface area contributed by atoms with E-state index in [2.05, 4.69) is 11.4 Å². The third kappa shape index (κ3) is 3.15. The van der Waals surface area contributed by atoms with Crippen molar-refractivity contribution >= 4 is 17.2 Å². The molecule has 0 aliphatic carbocycles. The molecule has 2 aromatic rings. The fourth-order valence-corrected chi connectivity index (χ4v) is 3.56. The Bertz CT molecular complexity index is 667. The second kappa shape index (κ2) is 6.50. The highest BCUT2D eigenvalue weighted by Crippen LogP contribution is 2.25. The van der Waals surface area contributed by atoms with E-state index < -0.39 is 6.10 Å². The van der Waals surface area contributed by atoms with Crippen molar-refractivity contribution in [2.75, 3.05) is 6.54 Å². The highest BCUT2D eigenvalue weighted by atomic mass is 32.1. The summed E-state index contributed by atoms with van der Waals surface area (Å²) in [5.41, 5.74) is 2.03. The Morgan fingerprint density at radius 2 is 2.32 bits per heavy atom. The summed E-state index contributed by atoms with van der Waals surface area (Å²) in [5.74, 6) is 0.617. The van der Waals surface area contributed by atoms with Gasteiger partial charge >= 0.3 is 0 Å². The Labute approximate surface area is 134 Å². The first-order valence-corrected chi connectivity index (χ1v) is 8.26. The molecule has 1 N–H and O–H groups in total. The molecule has 3 rings (SSSR count). The Hall–Kier alpha value is -1.85. The molecule has 0 bridgehead atoms. The zero-order chi connectivity index (χ0) is 15.5. The Kier molecular flexibility index (Phi) is 4.45. The molecule has 1 aromatic carbocycles. The molecule has 1 atom stereocenters. The minimum atomic E-state index is -0.533. The summed E-state index contributed by atoms with van der Waals surface area (Å²) in [5, 5.41) is 11.2. The van der Waals surface area contributed by atoms with Gasteiger partial charge in [-0.15, -0.1) is 11.3 Å². The monoisotopic (exact) mass is 317 g/mol. The van der Waals surface area contributed by atoms with E-state index >= 15 is 0 Å². The molecule has 0 saturated heterocycles. The van der Waals surface area contributed by atoms with E-state index in [-0.39, 0.29) is 12.5 Å². The van der Waals surface area contributed by atoms with Crippen LogP contribution in [-0.2, 0) is 24.4 Å². The van der Waals surface area contributed by atoms with Gasteiger partial charge in [-0.05, 0) is 48.1 Å². The molecule has 1 unspecified atom stereocenters. The van der Waals surface area contributed by atoms with Gasteiger partial charge in [0.15, 0.2) is 6.10 Å². The topological polar surface area (TPSA) is 49.8 Å². The fraction of sp³-hybridized carbons (Fsp3) is 0.353. The summed E-state index contributed by atoms with van der Waals surface area (Å²) in [6, 6.07) is 9.29. The highest BCUT2D eigenvalue weighted by molar-refractivity contribution is 7.10. The molecule has 1 aliphatic rings. The smallest absolute Gasteiger partial charge is 0.263 e. The normalized spacial score (nSPS) is 15.3. The fourth-order valence-electron chi connectivity index (χ4n) is 2.67. The van der Waals surface area contributed by atoms with E-state index in [0.29, 0.717) is 12.3 Å². The van der Waals surface area contributed by atoms with Crippen LogP contribution in [0, 0.1) is 0 Å². The minimum Gasteiger partial charge on any atom is -0.481 e. The summed E-state index contributed by atoms with van der Waals surface area (Å²) in [6.07, 6.45) is 0.389. The summed E-state index contributed by atoms with van der Waals surface area (Å²) in [4.78, 5) is 15.8. The summed E-state index contributed by atoms with van der Waals surface area (Å²) in [7, 11) is 0. The predicted molar refractivity (Wildman–Crippen MR) is 85.9 cm³/mol. The second-order valence-corrected chi connectivity index (χ2v) is 6.45. The molecule has 1 amide bonds. The van der Waals surface area contributed by atoms with Crippen LogP contribution < -0.4 is 4.74 Å². The van der Waals surface area contributed by atoms with Crippen molar-refractivity contribution in [2.24, 2.45) is 0 Å². The number of fused-ring (bicyclic) bond motifs is 1. The maximum atomic E-state index is 12.5. The van der Waals surface area contributed by atoms with Crippen molar-refractivity contribution in [1.82, 2.24) is 4.90 Å². The van der Waals surface area contributed by atoms with E-state index in [0.717, 1.165) is 18.5 Å². The van der Waals surface area contributed by atoms with E-state index in [1.165, 1.54) is 10.4 Å². The average molecular weight is 317 g/mol. The molecule has 1 aliphatic heterocycles. The molecule has 116 valence electrons. The van der Waals surface area contributed by atoms with Crippen LogP contribution in [0.25, 0.3) is 0 Å². The first-order valence-electron chi connectivity index (χ1n) is 7.38. The standard InChI is InChI=1S/C17H19NO3S/c1-12(21-15-4-2-3-13(9-15)11-19)17(20)18-7-5-16-14(10-18)6-8-22-16/h2-4,6,8-9,12,19H,5,7,10-11H2,1H3. The van der Waals surface area contributed by atoms with Gasteiger partial charge in [0.05, 0.1) is 6.61 Å². The lowest BCUT2D eigenvalue weighted by Gasteiger charge is -2.29. The number of thiophene rings is 1. The largest absolute Gasteiger partial charge is 0.481 e. The van der Waals surface area contributed by atoms with Crippen molar-refractivity contribution in [3.8, 4) is 5.75 Å². The van der Waals surface area contributed by atoms with E-state index in [9.17, 15) is 4.79 Å². The molecule has 5 heteroatoms. The number of hydrogen-bond donors (Lipinski definition) is 1. The number of aliphatic hydroxyl groups excluding tert-OH is 1. The Balaban J connectivity index is 1.65. The van der Waals surface area contributed by atoms with Crippen LogP contribution >= 0.6 is 11.3 Å². The summed E-state index contributed by atoms with van der Waals surface area (Å²) < 4.78 is 5.74. The number of nitrogens with zero attached hydrogens (tertiary/aromatic N) is 1. The van der Waals surface area contributed by atoms with Gasteiger partial charge in [0.25, 0.3) is 5.91 Å². The number of rotatable bonds is 4. The van der Waals surface area contributed by atoms with Crippen molar-refractivity contribution < 1.29 is 14.6 Å². The number of amides is 1. The third-order valence-electron chi connectivity index (χ3n) is 3.86. The van der Waals surface area contributed by atoms with Crippen LogP contribution in [0.15, 0.2) is 35.7 Å². The van der Waals surface area contributed by atoms with Crippen molar-refractivity contribution in [2.45, 2.75) is 32.6 Å². The van der Waals surface area contributed by atoms with E-state index in [4.69, 9.17) is 9.84 Å². The number of aliphatic hydroxyl groups is 1. The van der Waals surface area contributed by atoms with Crippen molar-refractivity contribution in [1.29, 1.82) is 0 Å². The predicted octanol–water partition coefficient (Wildman–Crippen LogP) is 2.59. The maximum Gasteiger partial charge on any atom is 0.263 e. The highest BCUT2D eigenvalue weighted by Gasteiger charge is 2.26. The van der Waals surface area contributed by atoms with Crippen LogP contribution in [0.5, 0.6) is 5.75 Å². The molecule has 22 heavy (non-hydrogen) atoms. The second-order valence-electron chi connectivity index (χ2n) is 5.44. The summed E-state index contributed by atoms with van der Waals surface area (Å²) in [6.45, 7) is 3.16. The third-order valence-corrected chi connectivity index (χ3v) is 4.88. The lowest BCUT2D eigenvalue weighted by molar-refractivity contribution is -0.138. The molecule has 0 spiro atoms. The first kappa shape index (κ1) is 15.1. The zero-order valence-corrected chi connectivity index (χ0v) is 13.3. The maximum absolute atomic E-state index is 12.5. The van der Waals surface area contributed by atoms with Crippen LogP contribution in [0.2, 0.25) is 0 Å². The lowest BCUT2D eigenvalue weighted by atomic mass is 10.1. The molecular weight excluding hydrogens is 298 g/mol. The SMILES string of the molecule is CC(Oc1cccc(CO)c1)C(=O)N1CCc2sccc2C1. The number of benzene rings is 1. The molecule has 0 fully saturated rings. The molecule has 4 nitrogen and oxygen atoms in total. The van der Waals surface area contributed by atoms with Gasteiger partial charge in [0.1, 0.15) is 5.75 Å². The van der Waals surface area contributed by atoms with Crippen LogP contribution in [0.1, 0.15) is 22.9 Å². The Morgan fingerprint density at radius 3 is 3.14 bits per heavy atom. The van der Waals surface area contributed by atoms with Crippen LogP contribution in [0.4, 0.5) is 0 Å². The number of carbonyl (C=O) groups is 1. The van der Waals surface area contributed by atoms with Gasteiger partial charge in [-0.3, -0.25) is 4.79 Å². The van der Waals surface area contributed by atoms with Crippen molar-refractivity contribution in [3.05, 3.63) is 51.7 Å². The van der Waals surface area contributed by atoms with Crippen LogP contribution in [-0.4, -0.2) is 28.6 Å².